The summed E-state index contributed by atoms with van der Waals surface area (Å²) < 4.78 is 4.97. The summed E-state index contributed by atoms with van der Waals surface area (Å²) >= 11 is 0. The van der Waals surface area contributed by atoms with E-state index in [1.54, 1.807) is 11.8 Å². The fraction of sp³-hybridized carbons (Fsp3) is 0.591. The Labute approximate surface area is 178 Å². The predicted molar refractivity (Wildman–Crippen MR) is 115 cm³/mol. The van der Waals surface area contributed by atoms with Crippen molar-refractivity contribution in [3.8, 4) is 0 Å². The molecular weight excluding hydrogens is 384 g/mol. The second-order valence-electron chi connectivity index (χ2n) is 7.44. The Morgan fingerprint density at radius 2 is 1.97 bits per heavy atom. The van der Waals surface area contributed by atoms with E-state index in [4.69, 9.17) is 10.5 Å². The van der Waals surface area contributed by atoms with Crippen LogP contribution in [0.4, 0.5) is 4.79 Å². The van der Waals surface area contributed by atoms with Crippen LogP contribution < -0.4 is 16.4 Å². The number of hydrogen-bond acceptors (Lipinski definition) is 5. The number of nitrogens with two attached hydrogens (primary N) is 1. The van der Waals surface area contributed by atoms with E-state index in [0.717, 1.165) is 31.2 Å². The van der Waals surface area contributed by atoms with Crippen molar-refractivity contribution in [2.75, 3.05) is 26.2 Å². The van der Waals surface area contributed by atoms with Gasteiger partial charge in [-0.05, 0) is 44.7 Å². The van der Waals surface area contributed by atoms with E-state index in [0.29, 0.717) is 32.5 Å². The van der Waals surface area contributed by atoms with Crippen LogP contribution in [0.15, 0.2) is 30.3 Å². The highest BCUT2D eigenvalue weighted by molar-refractivity contribution is 5.92. The highest BCUT2D eigenvalue weighted by Gasteiger charge is 2.37. The van der Waals surface area contributed by atoms with Gasteiger partial charge in [-0.3, -0.25) is 9.59 Å². The quantitative estimate of drug-likeness (QED) is 0.472. The first-order chi connectivity index (χ1) is 14.6. The van der Waals surface area contributed by atoms with Gasteiger partial charge in [0.15, 0.2) is 0 Å². The highest BCUT2D eigenvalue weighted by atomic mass is 16.5. The topological polar surface area (TPSA) is 114 Å². The molecule has 0 saturated carbocycles. The molecule has 0 aliphatic carbocycles. The van der Waals surface area contributed by atoms with Crippen LogP contribution in [-0.2, 0) is 20.7 Å². The molecule has 0 spiro atoms. The van der Waals surface area contributed by atoms with Crippen molar-refractivity contribution in [1.82, 2.24) is 15.5 Å². The van der Waals surface area contributed by atoms with Crippen LogP contribution in [-0.4, -0.2) is 61.1 Å². The predicted octanol–water partition coefficient (Wildman–Crippen LogP) is 1.58. The third-order valence-electron chi connectivity index (χ3n) is 5.17. The number of likely N-dealkylation sites (tertiary alicyclic amines) is 1. The molecule has 1 fully saturated rings. The van der Waals surface area contributed by atoms with E-state index in [2.05, 4.69) is 10.6 Å². The summed E-state index contributed by atoms with van der Waals surface area (Å²) in [7, 11) is 0. The third kappa shape index (κ3) is 7.33. The molecule has 1 heterocycles. The van der Waals surface area contributed by atoms with Gasteiger partial charge in [0.25, 0.3) is 0 Å². The van der Waals surface area contributed by atoms with E-state index in [9.17, 15) is 14.4 Å². The number of alkyl carbamates (subject to hydrolysis) is 1. The maximum atomic E-state index is 13.3. The number of carbonyl (C=O) groups is 3. The first kappa shape index (κ1) is 23.7. The average Bonchev–Trinajstić information content (AvgIpc) is 3.23. The van der Waals surface area contributed by atoms with Crippen LogP contribution >= 0.6 is 0 Å². The Bertz CT molecular complexity index is 683. The van der Waals surface area contributed by atoms with Gasteiger partial charge in [0.2, 0.25) is 11.8 Å². The van der Waals surface area contributed by atoms with Crippen LogP contribution in [0.2, 0.25) is 0 Å². The largest absolute Gasteiger partial charge is 0.450 e. The van der Waals surface area contributed by atoms with Gasteiger partial charge in [0, 0.05) is 19.5 Å². The van der Waals surface area contributed by atoms with Crippen LogP contribution in [0.1, 0.15) is 44.6 Å². The normalized spacial score (nSPS) is 16.7. The van der Waals surface area contributed by atoms with Gasteiger partial charge in [-0.2, -0.15) is 0 Å². The molecule has 2 atom stereocenters. The Morgan fingerprint density at radius 3 is 2.67 bits per heavy atom. The van der Waals surface area contributed by atoms with Crippen LogP contribution in [0.25, 0.3) is 0 Å². The maximum absolute atomic E-state index is 13.3. The van der Waals surface area contributed by atoms with Gasteiger partial charge in [0.05, 0.1) is 6.61 Å². The molecule has 2 rings (SSSR count). The highest BCUT2D eigenvalue weighted by Crippen LogP contribution is 2.20. The lowest BCUT2D eigenvalue weighted by molar-refractivity contribution is -0.139. The first-order valence-electron chi connectivity index (χ1n) is 10.8. The molecule has 0 bridgehead atoms. The van der Waals surface area contributed by atoms with Crippen molar-refractivity contribution in [1.29, 1.82) is 0 Å². The maximum Gasteiger partial charge on any atom is 0.407 e. The first-order valence-corrected chi connectivity index (χ1v) is 10.8. The van der Waals surface area contributed by atoms with Gasteiger partial charge < -0.3 is 26.0 Å². The fourth-order valence-electron chi connectivity index (χ4n) is 3.64. The van der Waals surface area contributed by atoms with E-state index in [1.807, 2.05) is 30.3 Å². The number of nitrogens with zero attached hydrogens (tertiary/aromatic N) is 1. The van der Waals surface area contributed by atoms with Crippen LogP contribution in [0.3, 0.4) is 0 Å². The summed E-state index contributed by atoms with van der Waals surface area (Å²) in [5, 5.41) is 5.61. The molecule has 8 heteroatoms. The molecule has 1 aliphatic heterocycles. The molecule has 1 saturated heterocycles. The van der Waals surface area contributed by atoms with Crippen molar-refractivity contribution in [2.45, 2.75) is 57.5 Å². The van der Waals surface area contributed by atoms with E-state index in [1.165, 1.54) is 0 Å². The molecule has 8 nitrogen and oxygen atoms in total. The molecule has 1 aromatic carbocycles. The molecule has 1 aromatic rings. The fourth-order valence-corrected chi connectivity index (χ4v) is 3.64. The molecule has 0 radical (unpaired) electrons. The number of benzene rings is 1. The summed E-state index contributed by atoms with van der Waals surface area (Å²) in [5.41, 5.74) is 6.41. The van der Waals surface area contributed by atoms with Crippen molar-refractivity contribution in [2.24, 2.45) is 5.73 Å². The molecular formula is C22H34N4O4. The van der Waals surface area contributed by atoms with Crippen molar-refractivity contribution in [3.63, 3.8) is 0 Å². The second-order valence-corrected chi connectivity index (χ2v) is 7.44. The third-order valence-corrected chi connectivity index (χ3v) is 5.17. The lowest BCUT2D eigenvalue weighted by atomic mass is 10.0. The molecule has 166 valence electrons. The summed E-state index contributed by atoms with van der Waals surface area (Å²) in [6.07, 6.45) is 3.85. The number of nitrogens with one attached hydrogen (secondary N) is 2. The zero-order valence-electron chi connectivity index (χ0n) is 17.8. The van der Waals surface area contributed by atoms with Crippen LogP contribution in [0, 0.1) is 0 Å². The Kier molecular flexibility index (Phi) is 10.1. The number of unbranched alkanes of at least 4 members (excludes halogenated alkanes) is 2. The van der Waals surface area contributed by atoms with Crippen molar-refractivity contribution < 1.29 is 19.1 Å². The summed E-state index contributed by atoms with van der Waals surface area (Å²) in [4.78, 5) is 39.5. The molecule has 1 aliphatic rings. The average molecular weight is 419 g/mol. The molecule has 2 unspecified atom stereocenters. The molecule has 30 heavy (non-hydrogen) atoms. The number of ether oxygens (including phenoxy) is 1. The van der Waals surface area contributed by atoms with E-state index < -0.39 is 18.2 Å². The van der Waals surface area contributed by atoms with Gasteiger partial charge in [-0.15, -0.1) is 0 Å². The second kappa shape index (κ2) is 12.8. The zero-order valence-corrected chi connectivity index (χ0v) is 17.8. The Balaban J connectivity index is 2.02. The molecule has 3 amide bonds. The van der Waals surface area contributed by atoms with E-state index in [-0.39, 0.29) is 18.4 Å². The van der Waals surface area contributed by atoms with E-state index >= 15 is 0 Å². The van der Waals surface area contributed by atoms with Gasteiger partial charge >= 0.3 is 6.09 Å². The Morgan fingerprint density at radius 1 is 1.20 bits per heavy atom. The number of carbonyl (C=O) groups excluding carboxylic acids is 3. The standard InChI is InChI=1S/C22H34N4O4/c1-2-30-22(29)25-18(16-17-10-5-3-6-11-17)21(28)26-15-9-12-19(26)20(27)24-14-8-4-7-13-23/h3,5-6,10-11,18-19H,2,4,7-9,12-16,23H2,1H3,(H,24,27)(H,25,29). The minimum absolute atomic E-state index is 0.136. The smallest absolute Gasteiger partial charge is 0.407 e. The lowest BCUT2D eigenvalue weighted by Gasteiger charge is -2.28. The van der Waals surface area contributed by atoms with Crippen molar-refractivity contribution >= 4 is 17.9 Å². The minimum Gasteiger partial charge on any atom is -0.450 e. The van der Waals surface area contributed by atoms with Crippen LogP contribution in [0.5, 0.6) is 0 Å². The van der Waals surface area contributed by atoms with Gasteiger partial charge in [-0.25, -0.2) is 4.79 Å². The number of rotatable bonds is 11. The lowest BCUT2D eigenvalue weighted by Crippen LogP contribution is -2.54. The van der Waals surface area contributed by atoms with Gasteiger partial charge in [0.1, 0.15) is 12.1 Å². The van der Waals surface area contributed by atoms with Crippen molar-refractivity contribution in [3.05, 3.63) is 35.9 Å². The SMILES string of the molecule is CCOC(=O)NC(Cc1ccccc1)C(=O)N1CCCC1C(=O)NCCCCCN. The number of amides is 3. The van der Waals surface area contributed by atoms with Gasteiger partial charge in [-0.1, -0.05) is 36.8 Å². The summed E-state index contributed by atoms with van der Waals surface area (Å²) in [6, 6.07) is 8.19. The minimum atomic E-state index is -0.788. The summed E-state index contributed by atoms with van der Waals surface area (Å²) in [6.45, 7) is 3.65. The number of hydrogen-bond donors (Lipinski definition) is 3. The Hall–Kier alpha value is -2.61. The molecule has 4 N–H and O–H groups in total. The monoisotopic (exact) mass is 418 g/mol. The molecule has 0 aromatic heterocycles. The summed E-state index contributed by atoms with van der Waals surface area (Å²) in [5.74, 6) is -0.393. The zero-order chi connectivity index (χ0) is 21.8.